The molecule has 0 aliphatic carbocycles. The van der Waals surface area contributed by atoms with Crippen LogP contribution in [0.2, 0.25) is 0 Å². The van der Waals surface area contributed by atoms with Crippen molar-refractivity contribution in [3.63, 3.8) is 0 Å². The number of aliphatic hydroxyl groups is 1. The van der Waals surface area contributed by atoms with Crippen LogP contribution in [-0.2, 0) is 4.74 Å². The number of ether oxygens (including phenoxy) is 2. The van der Waals surface area contributed by atoms with Gasteiger partial charge in [0.25, 0.3) is 5.91 Å². The minimum absolute atomic E-state index is 0.0470. The predicted molar refractivity (Wildman–Crippen MR) is 150 cm³/mol. The molecule has 4 rings (SSSR count). The van der Waals surface area contributed by atoms with Crippen LogP contribution >= 0.6 is 0 Å². The highest BCUT2D eigenvalue weighted by atomic mass is 16.5. The van der Waals surface area contributed by atoms with Crippen LogP contribution in [-0.4, -0.2) is 72.2 Å². The Labute approximate surface area is 223 Å². The summed E-state index contributed by atoms with van der Waals surface area (Å²) in [7, 11) is 1.66. The molecule has 9 heteroatoms. The molecule has 0 radical (unpaired) electrons. The van der Waals surface area contributed by atoms with Gasteiger partial charge in [-0.05, 0) is 62.1 Å². The maximum absolute atomic E-state index is 12.8. The second-order valence-corrected chi connectivity index (χ2v) is 9.91. The van der Waals surface area contributed by atoms with E-state index in [1.807, 2.05) is 37.3 Å². The van der Waals surface area contributed by atoms with E-state index in [1.54, 1.807) is 50.4 Å². The number of fused-ring (bicyclic) bond motifs is 1. The molecule has 2 aromatic carbocycles. The van der Waals surface area contributed by atoms with Crippen molar-refractivity contribution in [3.05, 3.63) is 66.0 Å². The highest BCUT2D eigenvalue weighted by Crippen LogP contribution is 2.31. The van der Waals surface area contributed by atoms with Crippen molar-refractivity contribution in [1.82, 2.24) is 15.2 Å². The highest BCUT2D eigenvalue weighted by Gasteiger charge is 2.31. The van der Waals surface area contributed by atoms with Gasteiger partial charge < -0.3 is 35.5 Å². The summed E-state index contributed by atoms with van der Waals surface area (Å²) < 4.78 is 11.1. The Kier molecular flexibility index (Phi) is 8.29. The quantitative estimate of drug-likeness (QED) is 0.282. The minimum atomic E-state index is -0.854. The van der Waals surface area contributed by atoms with Crippen molar-refractivity contribution in [2.24, 2.45) is 0 Å². The van der Waals surface area contributed by atoms with Crippen molar-refractivity contribution >= 4 is 40.0 Å². The van der Waals surface area contributed by atoms with Crippen LogP contribution < -0.4 is 15.4 Å². The molecule has 0 spiro atoms. The number of nitrogens with one attached hydrogen (secondary N) is 3. The Bertz CT molecular complexity index is 1340. The first kappa shape index (κ1) is 27.1. The number of pyridine rings is 1. The van der Waals surface area contributed by atoms with Gasteiger partial charge in [-0.25, -0.2) is 4.98 Å². The molecular weight excluding hydrogens is 482 g/mol. The van der Waals surface area contributed by atoms with Crippen LogP contribution in [0.1, 0.15) is 36.7 Å². The number of nitrogens with zero attached hydrogens (tertiary/aromatic N) is 2. The SMILES string of the molecule is CCOc1cc(C(=O)N2CC(OC)C2)ccc1Nc1cc2cc(/C(C=N)=C/NCC(C)(C)O)ccc2cn1. The summed E-state index contributed by atoms with van der Waals surface area (Å²) in [5, 5.41) is 26.1. The number of rotatable bonds is 11. The van der Waals surface area contributed by atoms with Gasteiger partial charge in [0.15, 0.2) is 0 Å². The van der Waals surface area contributed by atoms with Crippen LogP contribution in [0, 0.1) is 5.41 Å². The number of hydrogen-bond donors (Lipinski definition) is 4. The van der Waals surface area contributed by atoms with E-state index in [-0.39, 0.29) is 12.0 Å². The second kappa shape index (κ2) is 11.6. The summed E-state index contributed by atoms with van der Waals surface area (Å²) in [5.74, 6) is 1.15. The zero-order chi connectivity index (χ0) is 27.3. The Hall–Kier alpha value is -3.95. The largest absolute Gasteiger partial charge is 0.492 e. The van der Waals surface area contributed by atoms with Crippen LogP contribution in [0.25, 0.3) is 16.3 Å². The molecule has 1 saturated heterocycles. The normalized spacial score (nSPS) is 14.2. The van der Waals surface area contributed by atoms with E-state index >= 15 is 0 Å². The van der Waals surface area contributed by atoms with Crippen LogP contribution in [0.5, 0.6) is 5.75 Å². The van der Waals surface area contributed by atoms with Gasteiger partial charge in [-0.15, -0.1) is 0 Å². The third-order valence-corrected chi connectivity index (χ3v) is 6.26. The van der Waals surface area contributed by atoms with Crippen LogP contribution in [0.3, 0.4) is 0 Å². The maximum atomic E-state index is 12.8. The summed E-state index contributed by atoms with van der Waals surface area (Å²) in [6.07, 6.45) is 4.90. The van der Waals surface area contributed by atoms with Gasteiger partial charge >= 0.3 is 0 Å². The summed E-state index contributed by atoms with van der Waals surface area (Å²) >= 11 is 0. The van der Waals surface area contributed by atoms with Crippen LogP contribution in [0.4, 0.5) is 11.5 Å². The summed E-state index contributed by atoms with van der Waals surface area (Å²) in [6, 6.07) is 13.2. The van der Waals surface area contributed by atoms with Gasteiger partial charge in [0.05, 0.1) is 24.0 Å². The Morgan fingerprint density at radius 2 is 1.95 bits per heavy atom. The molecule has 0 unspecified atom stereocenters. The number of hydrogen-bond acceptors (Lipinski definition) is 8. The van der Waals surface area contributed by atoms with Crippen molar-refractivity contribution in [1.29, 1.82) is 5.41 Å². The lowest BCUT2D eigenvalue weighted by Crippen LogP contribution is -2.54. The van der Waals surface area contributed by atoms with E-state index in [0.29, 0.717) is 54.6 Å². The van der Waals surface area contributed by atoms with Gasteiger partial charge in [-0.3, -0.25) is 4.79 Å². The molecule has 4 N–H and O–H groups in total. The summed E-state index contributed by atoms with van der Waals surface area (Å²) in [6.45, 7) is 7.35. The molecule has 0 bridgehead atoms. The minimum Gasteiger partial charge on any atom is -0.492 e. The lowest BCUT2D eigenvalue weighted by atomic mass is 10.0. The van der Waals surface area contributed by atoms with Gasteiger partial charge in [-0.1, -0.05) is 12.1 Å². The van der Waals surface area contributed by atoms with Crippen molar-refractivity contribution in [3.8, 4) is 5.75 Å². The number of amides is 1. The molecular formula is C29H35N5O4. The van der Waals surface area contributed by atoms with Crippen LogP contribution in [0.15, 0.2) is 54.9 Å². The van der Waals surface area contributed by atoms with E-state index < -0.39 is 5.60 Å². The van der Waals surface area contributed by atoms with E-state index in [1.165, 1.54) is 6.21 Å². The first-order chi connectivity index (χ1) is 18.2. The number of anilines is 2. The second-order valence-electron chi connectivity index (χ2n) is 9.91. The predicted octanol–water partition coefficient (Wildman–Crippen LogP) is 4.20. The smallest absolute Gasteiger partial charge is 0.254 e. The Morgan fingerprint density at radius 1 is 1.18 bits per heavy atom. The first-order valence-corrected chi connectivity index (χ1v) is 12.6. The molecule has 1 amide bonds. The fourth-order valence-corrected chi connectivity index (χ4v) is 4.12. The molecule has 1 aromatic heterocycles. The molecule has 1 aliphatic rings. The third-order valence-electron chi connectivity index (χ3n) is 6.26. The molecule has 1 fully saturated rings. The van der Waals surface area contributed by atoms with E-state index in [0.717, 1.165) is 16.3 Å². The number of aromatic nitrogens is 1. The third kappa shape index (κ3) is 6.48. The van der Waals surface area contributed by atoms with Crippen molar-refractivity contribution in [2.45, 2.75) is 32.5 Å². The van der Waals surface area contributed by atoms with E-state index in [2.05, 4.69) is 15.6 Å². The average Bonchev–Trinajstić information content (AvgIpc) is 2.86. The topological polar surface area (TPSA) is 120 Å². The lowest BCUT2D eigenvalue weighted by Gasteiger charge is -2.38. The average molecular weight is 518 g/mol. The Balaban J connectivity index is 1.55. The molecule has 3 aromatic rings. The molecule has 9 nitrogen and oxygen atoms in total. The molecule has 200 valence electrons. The van der Waals surface area contributed by atoms with Gasteiger partial charge in [0.2, 0.25) is 0 Å². The van der Waals surface area contributed by atoms with E-state index in [4.69, 9.17) is 14.9 Å². The fourth-order valence-electron chi connectivity index (χ4n) is 4.12. The lowest BCUT2D eigenvalue weighted by molar-refractivity contribution is -0.0192. The van der Waals surface area contributed by atoms with Gasteiger partial charge in [0, 0.05) is 61.9 Å². The number of benzene rings is 2. The number of methoxy groups -OCH3 is 1. The number of carbonyl (C=O) groups is 1. The molecule has 1 aliphatic heterocycles. The zero-order valence-electron chi connectivity index (χ0n) is 22.2. The molecule has 0 saturated carbocycles. The first-order valence-electron chi connectivity index (χ1n) is 12.6. The standard InChI is InChI=1S/C29H35N5O4/c1-5-38-26-11-20(28(35)34-16-24(17-34)37-4)8-9-25(26)33-27-12-22-10-19(6-7-21(22)15-32-27)23(13-30)14-31-18-29(2,3)36/h6-15,24,30-31,36H,5,16-18H2,1-4H3,(H,32,33)/b23-14+,30-13?. The van der Waals surface area contributed by atoms with Gasteiger partial charge in [-0.2, -0.15) is 0 Å². The van der Waals surface area contributed by atoms with Crippen molar-refractivity contribution < 1.29 is 19.4 Å². The maximum Gasteiger partial charge on any atom is 0.254 e. The summed E-state index contributed by atoms with van der Waals surface area (Å²) in [5.41, 5.74) is 1.98. The van der Waals surface area contributed by atoms with Crippen molar-refractivity contribution in [2.75, 3.05) is 38.7 Å². The fraction of sp³-hybridized carbons (Fsp3) is 0.345. The Morgan fingerprint density at radius 3 is 2.63 bits per heavy atom. The molecule has 38 heavy (non-hydrogen) atoms. The number of allylic oxidation sites excluding steroid dienone is 1. The highest BCUT2D eigenvalue weighted by molar-refractivity contribution is 6.09. The number of carbonyl (C=O) groups excluding carboxylic acids is 1. The molecule has 0 atom stereocenters. The number of likely N-dealkylation sites (tertiary alicyclic amines) is 1. The zero-order valence-corrected chi connectivity index (χ0v) is 22.2. The summed E-state index contributed by atoms with van der Waals surface area (Å²) in [4.78, 5) is 19.1. The molecule has 2 heterocycles. The monoisotopic (exact) mass is 517 g/mol. The van der Waals surface area contributed by atoms with E-state index in [9.17, 15) is 9.90 Å². The van der Waals surface area contributed by atoms with Gasteiger partial charge in [0.1, 0.15) is 11.6 Å².